The lowest BCUT2D eigenvalue weighted by Gasteiger charge is -2.22. The molecule has 1 unspecified atom stereocenters. The Hall–Kier alpha value is -3.48. The van der Waals surface area contributed by atoms with Crippen molar-refractivity contribution in [2.24, 2.45) is 5.73 Å². The number of carbonyl (C=O) groups excluding carboxylic acids is 4. The van der Waals surface area contributed by atoms with Gasteiger partial charge in [-0.3, -0.25) is 19.3 Å². The van der Waals surface area contributed by atoms with Crippen LogP contribution in [0, 0.1) is 6.92 Å². The fourth-order valence-corrected chi connectivity index (χ4v) is 2.99. The lowest BCUT2D eigenvalue weighted by molar-refractivity contribution is -0.130. The number of hydrogen-bond acceptors (Lipinski definition) is 4. The van der Waals surface area contributed by atoms with Crippen LogP contribution in [0.4, 0.5) is 4.79 Å². The largest absolute Gasteiger partial charge is 0.366 e. The van der Waals surface area contributed by atoms with Gasteiger partial charge in [-0.1, -0.05) is 42.0 Å². The van der Waals surface area contributed by atoms with Crippen LogP contribution in [0.25, 0.3) is 0 Å². The maximum atomic E-state index is 12.9. The molecule has 1 aliphatic rings. The average Bonchev–Trinajstić information content (AvgIpc) is 2.86. The first-order valence-electron chi connectivity index (χ1n) is 8.36. The molecule has 3 rings (SSSR count). The minimum Gasteiger partial charge on any atom is -0.366 e. The zero-order valence-corrected chi connectivity index (χ0v) is 15.0. The number of hydrogen-bond donors (Lipinski definition) is 2. The molecule has 27 heavy (non-hydrogen) atoms. The van der Waals surface area contributed by atoms with Gasteiger partial charge in [0.2, 0.25) is 5.91 Å². The van der Waals surface area contributed by atoms with Crippen LogP contribution < -0.4 is 11.1 Å². The van der Waals surface area contributed by atoms with Crippen LogP contribution in [0.1, 0.15) is 38.8 Å². The number of benzene rings is 2. The molecule has 1 atom stereocenters. The van der Waals surface area contributed by atoms with E-state index in [1.807, 2.05) is 6.92 Å². The van der Waals surface area contributed by atoms with E-state index in [0.29, 0.717) is 11.1 Å². The minimum atomic E-state index is -1.38. The number of primary amides is 1. The van der Waals surface area contributed by atoms with Crippen LogP contribution in [-0.2, 0) is 10.3 Å². The molecule has 7 nitrogen and oxygen atoms in total. The third-order valence-electron chi connectivity index (χ3n) is 4.67. The van der Waals surface area contributed by atoms with E-state index in [0.717, 1.165) is 10.5 Å². The molecule has 0 aliphatic carbocycles. The summed E-state index contributed by atoms with van der Waals surface area (Å²) in [5, 5.41) is 2.61. The van der Waals surface area contributed by atoms with Gasteiger partial charge in [0.25, 0.3) is 5.91 Å². The SMILES string of the molecule is Cc1ccc(C(=O)CN2C(=O)NC(C)(c3cccc(C(N)=O)c3)C2=O)cc1. The number of ketones is 1. The molecule has 7 heteroatoms. The van der Waals surface area contributed by atoms with E-state index in [1.54, 1.807) is 36.4 Å². The predicted molar refractivity (Wildman–Crippen MR) is 98.1 cm³/mol. The molecule has 3 N–H and O–H groups in total. The van der Waals surface area contributed by atoms with Gasteiger partial charge in [-0.15, -0.1) is 0 Å². The zero-order valence-electron chi connectivity index (χ0n) is 15.0. The predicted octanol–water partition coefficient (Wildman–Crippen LogP) is 1.74. The average molecular weight is 365 g/mol. The highest BCUT2D eigenvalue weighted by Gasteiger charge is 2.49. The van der Waals surface area contributed by atoms with E-state index >= 15 is 0 Å². The molecule has 0 aromatic heterocycles. The molecule has 2 aromatic rings. The van der Waals surface area contributed by atoms with Crippen LogP contribution in [-0.4, -0.2) is 35.1 Å². The maximum Gasteiger partial charge on any atom is 0.325 e. The monoisotopic (exact) mass is 365 g/mol. The number of urea groups is 1. The van der Waals surface area contributed by atoms with E-state index in [-0.39, 0.29) is 17.9 Å². The number of nitrogens with one attached hydrogen (secondary N) is 1. The second-order valence-electron chi connectivity index (χ2n) is 6.68. The molecule has 0 bridgehead atoms. The van der Waals surface area contributed by atoms with Crippen molar-refractivity contribution in [1.82, 2.24) is 10.2 Å². The fourth-order valence-electron chi connectivity index (χ4n) is 2.99. The van der Waals surface area contributed by atoms with Gasteiger partial charge in [-0.05, 0) is 31.5 Å². The summed E-state index contributed by atoms with van der Waals surface area (Å²) in [6.07, 6.45) is 0. The first kappa shape index (κ1) is 18.3. The van der Waals surface area contributed by atoms with Crippen molar-refractivity contribution in [2.45, 2.75) is 19.4 Å². The molecule has 0 saturated carbocycles. The first-order chi connectivity index (χ1) is 12.7. The van der Waals surface area contributed by atoms with Crippen LogP contribution in [0.2, 0.25) is 0 Å². The summed E-state index contributed by atoms with van der Waals surface area (Å²) in [5.74, 6) is -1.54. The third-order valence-corrected chi connectivity index (χ3v) is 4.67. The van der Waals surface area contributed by atoms with Gasteiger partial charge in [-0.25, -0.2) is 4.79 Å². The van der Waals surface area contributed by atoms with Crippen LogP contribution in [0.5, 0.6) is 0 Å². The molecule has 0 radical (unpaired) electrons. The van der Waals surface area contributed by atoms with Gasteiger partial charge in [0, 0.05) is 11.1 Å². The van der Waals surface area contributed by atoms with E-state index in [1.165, 1.54) is 19.1 Å². The number of amides is 4. The van der Waals surface area contributed by atoms with Gasteiger partial charge >= 0.3 is 6.03 Å². The smallest absolute Gasteiger partial charge is 0.325 e. The molecular formula is C20H19N3O4. The molecular weight excluding hydrogens is 346 g/mol. The van der Waals surface area contributed by atoms with E-state index in [4.69, 9.17) is 5.73 Å². The van der Waals surface area contributed by atoms with E-state index in [2.05, 4.69) is 5.32 Å². The molecule has 0 spiro atoms. The Bertz CT molecular complexity index is 952. The normalized spacial score (nSPS) is 19.1. The summed E-state index contributed by atoms with van der Waals surface area (Å²) in [7, 11) is 0. The zero-order chi connectivity index (χ0) is 19.8. The van der Waals surface area contributed by atoms with Gasteiger partial charge in [0.15, 0.2) is 5.78 Å². The van der Waals surface area contributed by atoms with Gasteiger partial charge in [-0.2, -0.15) is 0 Å². The number of aryl methyl sites for hydroxylation is 1. The second kappa shape index (κ2) is 6.68. The van der Waals surface area contributed by atoms with E-state index < -0.39 is 23.4 Å². The molecule has 1 heterocycles. The quantitative estimate of drug-likeness (QED) is 0.621. The Morgan fingerprint density at radius 3 is 2.37 bits per heavy atom. The summed E-state index contributed by atoms with van der Waals surface area (Å²) in [6.45, 7) is 3.07. The molecule has 4 amide bonds. The lowest BCUT2D eigenvalue weighted by Crippen LogP contribution is -2.41. The molecule has 2 aromatic carbocycles. The van der Waals surface area contributed by atoms with Crippen molar-refractivity contribution in [1.29, 1.82) is 0 Å². The molecule has 138 valence electrons. The minimum absolute atomic E-state index is 0.227. The Kier molecular flexibility index (Phi) is 4.53. The number of Topliss-reactive ketones (excluding diaryl/α,β-unsaturated/α-hetero) is 1. The Morgan fingerprint density at radius 2 is 1.74 bits per heavy atom. The number of imide groups is 1. The Balaban J connectivity index is 1.86. The third kappa shape index (κ3) is 3.31. The Morgan fingerprint density at radius 1 is 1.07 bits per heavy atom. The maximum absolute atomic E-state index is 12.9. The highest BCUT2D eigenvalue weighted by Crippen LogP contribution is 2.29. The number of nitrogens with two attached hydrogens (primary N) is 1. The fraction of sp³-hybridized carbons (Fsp3) is 0.200. The highest BCUT2D eigenvalue weighted by molar-refractivity contribution is 6.11. The van der Waals surface area contributed by atoms with Crippen molar-refractivity contribution in [3.05, 3.63) is 70.8 Å². The number of nitrogens with zero attached hydrogens (tertiary/aromatic N) is 1. The van der Waals surface area contributed by atoms with Crippen LogP contribution >= 0.6 is 0 Å². The van der Waals surface area contributed by atoms with E-state index in [9.17, 15) is 19.2 Å². The van der Waals surface area contributed by atoms with Crippen molar-refractivity contribution in [3.8, 4) is 0 Å². The summed E-state index contributed by atoms with van der Waals surface area (Å²) in [4.78, 5) is 50.0. The second-order valence-corrected chi connectivity index (χ2v) is 6.68. The topological polar surface area (TPSA) is 110 Å². The van der Waals surface area contributed by atoms with Crippen LogP contribution in [0.3, 0.4) is 0 Å². The van der Waals surface area contributed by atoms with Crippen molar-refractivity contribution in [2.75, 3.05) is 6.54 Å². The van der Waals surface area contributed by atoms with Crippen molar-refractivity contribution < 1.29 is 19.2 Å². The number of rotatable bonds is 5. The highest BCUT2D eigenvalue weighted by atomic mass is 16.2. The molecule has 1 fully saturated rings. The van der Waals surface area contributed by atoms with Crippen molar-refractivity contribution >= 4 is 23.6 Å². The van der Waals surface area contributed by atoms with Gasteiger partial charge < -0.3 is 11.1 Å². The van der Waals surface area contributed by atoms with Crippen LogP contribution in [0.15, 0.2) is 48.5 Å². The van der Waals surface area contributed by atoms with Crippen molar-refractivity contribution in [3.63, 3.8) is 0 Å². The molecule has 1 aliphatic heterocycles. The lowest BCUT2D eigenvalue weighted by atomic mass is 9.90. The first-order valence-corrected chi connectivity index (χ1v) is 8.36. The Labute approximate surface area is 156 Å². The van der Waals surface area contributed by atoms with Gasteiger partial charge in [0.05, 0.1) is 6.54 Å². The molecule has 1 saturated heterocycles. The van der Waals surface area contributed by atoms with Gasteiger partial charge in [0.1, 0.15) is 5.54 Å². The summed E-state index contributed by atoms with van der Waals surface area (Å²) < 4.78 is 0. The number of carbonyl (C=O) groups is 4. The standard InChI is InChI=1S/C20H19N3O4/c1-12-6-8-13(9-7-12)16(24)11-23-18(26)20(2,22-19(23)27)15-5-3-4-14(10-15)17(21)25/h3-10H,11H2,1-2H3,(H2,21,25)(H,22,27). The summed E-state index contributed by atoms with van der Waals surface area (Å²) >= 11 is 0. The summed E-state index contributed by atoms with van der Waals surface area (Å²) in [5.41, 5.74) is 5.98. The summed E-state index contributed by atoms with van der Waals surface area (Å²) in [6, 6.07) is 12.4.